The van der Waals surface area contributed by atoms with Crippen LogP contribution in [0.15, 0.2) is 48.5 Å². The zero-order valence-electron chi connectivity index (χ0n) is 14.7. The molecule has 4 nitrogen and oxygen atoms in total. The van der Waals surface area contributed by atoms with Gasteiger partial charge in [0.1, 0.15) is 0 Å². The van der Waals surface area contributed by atoms with Crippen molar-refractivity contribution in [2.75, 3.05) is 13.1 Å². The highest BCUT2D eigenvalue weighted by molar-refractivity contribution is 5.94. The van der Waals surface area contributed by atoms with E-state index < -0.39 is 0 Å². The van der Waals surface area contributed by atoms with E-state index in [-0.39, 0.29) is 11.4 Å². The Hall–Kier alpha value is -2.64. The third-order valence-electron chi connectivity index (χ3n) is 4.92. The molecular weight excluding hydrogens is 310 g/mol. The fraction of sp³-hybridized carbons (Fsp3) is 0.333. The van der Waals surface area contributed by atoms with E-state index in [0.717, 1.165) is 19.5 Å². The summed E-state index contributed by atoms with van der Waals surface area (Å²) in [6, 6.07) is 17.4. The van der Waals surface area contributed by atoms with E-state index in [1.165, 1.54) is 11.1 Å². The summed E-state index contributed by atoms with van der Waals surface area (Å²) in [6.07, 6.45) is 1.04. The van der Waals surface area contributed by atoms with E-state index in [4.69, 9.17) is 5.26 Å². The third kappa shape index (κ3) is 3.89. The van der Waals surface area contributed by atoms with E-state index in [1.807, 2.05) is 0 Å². The van der Waals surface area contributed by atoms with E-state index in [2.05, 4.69) is 54.4 Å². The fourth-order valence-corrected chi connectivity index (χ4v) is 3.25. The van der Waals surface area contributed by atoms with Crippen LogP contribution in [0.1, 0.15) is 40.9 Å². The van der Waals surface area contributed by atoms with Crippen molar-refractivity contribution in [2.45, 2.75) is 32.4 Å². The summed E-state index contributed by atoms with van der Waals surface area (Å²) in [4.78, 5) is 14.8. The highest BCUT2D eigenvalue weighted by Crippen LogP contribution is 2.25. The lowest BCUT2D eigenvalue weighted by Crippen LogP contribution is -2.53. The van der Waals surface area contributed by atoms with E-state index in [0.29, 0.717) is 17.7 Å². The number of hydrogen-bond donors (Lipinski definition) is 1. The molecule has 1 aliphatic rings. The number of rotatable bonds is 4. The molecule has 0 radical (unpaired) electrons. The number of amides is 1. The van der Waals surface area contributed by atoms with Crippen LogP contribution in [0.2, 0.25) is 0 Å². The predicted molar refractivity (Wildman–Crippen MR) is 98.1 cm³/mol. The number of carbonyl (C=O) groups excluding carboxylic acids is 1. The molecule has 2 aromatic carbocycles. The molecule has 4 heteroatoms. The molecule has 0 unspecified atom stereocenters. The quantitative estimate of drug-likeness (QED) is 0.935. The van der Waals surface area contributed by atoms with E-state index in [9.17, 15) is 4.79 Å². The summed E-state index contributed by atoms with van der Waals surface area (Å²) in [7, 11) is 0. The molecule has 1 amide bonds. The second kappa shape index (κ2) is 7.08. The normalized spacial score (nSPS) is 14.4. The molecule has 1 aliphatic heterocycles. The highest BCUT2D eigenvalue weighted by Gasteiger charge is 2.30. The molecule has 0 bridgehead atoms. The first-order valence-electron chi connectivity index (χ1n) is 8.60. The Morgan fingerprint density at radius 1 is 1.20 bits per heavy atom. The molecule has 1 heterocycles. The topological polar surface area (TPSA) is 56.1 Å². The van der Waals surface area contributed by atoms with Gasteiger partial charge in [0.2, 0.25) is 0 Å². The van der Waals surface area contributed by atoms with Crippen molar-refractivity contribution in [3.8, 4) is 6.07 Å². The van der Waals surface area contributed by atoms with Gasteiger partial charge in [0.25, 0.3) is 5.91 Å². The summed E-state index contributed by atoms with van der Waals surface area (Å²) in [5, 5.41) is 12.0. The zero-order valence-corrected chi connectivity index (χ0v) is 14.7. The number of nitrogens with one attached hydrogen (secondary N) is 1. The van der Waals surface area contributed by atoms with Gasteiger partial charge in [-0.25, -0.2) is 0 Å². The minimum atomic E-state index is -0.143. The van der Waals surface area contributed by atoms with Crippen molar-refractivity contribution in [1.29, 1.82) is 5.26 Å². The zero-order chi connectivity index (χ0) is 17.9. The van der Waals surface area contributed by atoms with Gasteiger partial charge in [0, 0.05) is 30.7 Å². The van der Waals surface area contributed by atoms with Crippen molar-refractivity contribution in [3.05, 3.63) is 70.8 Å². The lowest BCUT2D eigenvalue weighted by atomic mass is 9.94. The first kappa shape index (κ1) is 17.2. The van der Waals surface area contributed by atoms with E-state index in [1.54, 1.807) is 24.3 Å². The minimum Gasteiger partial charge on any atom is -0.350 e. The molecule has 0 fully saturated rings. The number of nitriles is 1. The van der Waals surface area contributed by atoms with Crippen LogP contribution in [0.5, 0.6) is 0 Å². The molecule has 0 aromatic heterocycles. The fourth-order valence-electron chi connectivity index (χ4n) is 3.25. The maximum absolute atomic E-state index is 12.4. The largest absolute Gasteiger partial charge is 0.350 e. The summed E-state index contributed by atoms with van der Waals surface area (Å²) >= 11 is 0. The van der Waals surface area contributed by atoms with Crippen LogP contribution >= 0.6 is 0 Å². The number of fused-ring (bicyclic) bond motifs is 1. The van der Waals surface area contributed by atoms with Gasteiger partial charge >= 0.3 is 0 Å². The molecule has 0 atom stereocenters. The van der Waals surface area contributed by atoms with Crippen molar-refractivity contribution >= 4 is 5.91 Å². The minimum absolute atomic E-state index is 0.136. The molecule has 25 heavy (non-hydrogen) atoms. The second-order valence-corrected chi connectivity index (χ2v) is 7.13. The molecule has 0 spiro atoms. The van der Waals surface area contributed by atoms with Gasteiger partial charge in [-0.3, -0.25) is 9.69 Å². The van der Waals surface area contributed by atoms with Crippen LogP contribution in [-0.4, -0.2) is 29.4 Å². The Morgan fingerprint density at radius 3 is 2.72 bits per heavy atom. The first-order chi connectivity index (χ1) is 12.0. The SMILES string of the molecule is CC(C)(CNC(=O)c1cccc(C#N)c1)N1CCc2ccccc2C1. The van der Waals surface area contributed by atoms with Crippen molar-refractivity contribution < 1.29 is 4.79 Å². The highest BCUT2D eigenvalue weighted by atomic mass is 16.1. The lowest BCUT2D eigenvalue weighted by molar-refractivity contribution is 0.0826. The Bertz CT molecular complexity index is 820. The van der Waals surface area contributed by atoms with Gasteiger partial charge in [0.05, 0.1) is 11.6 Å². The molecule has 0 saturated heterocycles. The summed E-state index contributed by atoms with van der Waals surface area (Å²) in [5.41, 5.74) is 3.68. The lowest BCUT2D eigenvalue weighted by Gasteiger charge is -2.41. The molecular formula is C21H23N3O. The molecule has 0 saturated carbocycles. The average Bonchev–Trinajstić information content (AvgIpc) is 2.65. The Morgan fingerprint density at radius 2 is 1.96 bits per heavy atom. The maximum Gasteiger partial charge on any atom is 0.251 e. The average molecular weight is 333 g/mol. The van der Waals surface area contributed by atoms with Crippen molar-refractivity contribution in [2.24, 2.45) is 0 Å². The standard InChI is InChI=1S/C21H23N3O/c1-21(2,24-11-10-17-7-3-4-8-19(17)14-24)15-23-20(25)18-9-5-6-16(12-18)13-22/h3-9,12H,10-11,14-15H2,1-2H3,(H,23,25). The molecule has 1 N–H and O–H groups in total. The number of hydrogen-bond acceptors (Lipinski definition) is 3. The predicted octanol–water partition coefficient (Wildman–Crippen LogP) is 3.12. The van der Waals surface area contributed by atoms with Crippen LogP contribution in [0, 0.1) is 11.3 Å². The summed E-state index contributed by atoms with van der Waals surface area (Å²) in [5.74, 6) is -0.136. The van der Waals surface area contributed by atoms with Crippen LogP contribution < -0.4 is 5.32 Å². The van der Waals surface area contributed by atoms with Gasteiger partial charge < -0.3 is 5.32 Å². The number of benzene rings is 2. The summed E-state index contributed by atoms with van der Waals surface area (Å²) in [6.45, 7) is 6.78. The molecule has 0 aliphatic carbocycles. The van der Waals surface area contributed by atoms with Gasteiger partial charge in [0.15, 0.2) is 0 Å². The smallest absolute Gasteiger partial charge is 0.251 e. The molecule has 2 aromatic rings. The Kier molecular flexibility index (Phi) is 4.87. The van der Waals surface area contributed by atoms with Gasteiger partial charge in [-0.2, -0.15) is 5.26 Å². The molecule has 3 rings (SSSR count). The van der Waals surface area contributed by atoms with Crippen LogP contribution in [0.4, 0.5) is 0 Å². The third-order valence-corrected chi connectivity index (χ3v) is 4.92. The summed E-state index contributed by atoms with van der Waals surface area (Å²) < 4.78 is 0. The van der Waals surface area contributed by atoms with Gasteiger partial charge in [-0.15, -0.1) is 0 Å². The first-order valence-corrected chi connectivity index (χ1v) is 8.60. The van der Waals surface area contributed by atoms with Crippen LogP contribution in [0.25, 0.3) is 0 Å². The van der Waals surface area contributed by atoms with Crippen molar-refractivity contribution in [1.82, 2.24) is 10.2 Å². The van der Waals surface area contributed by atoms with Crippen LogP contribution in [0.3, 0.4) is 0 Å². The monoisotopic (exact) mass is 333 g/mol. The number of nitrogens with zero attached hydrogens (tertiary/aromatic N) is 2. The Balaban J connectivity index is 1.64. The van der Waals surface area contributed by atoms with E-state index >= 15 is 0 Å². The maximum atomic E-state index is 12.4. The van der Waals surface area contributed by atoms with Gasteiger partial charge in [-0.05, 0) is 49.6 Å². The van der Waals surface area contributed by atoms with Gasteiger partial charge in [-0.1, -0.05) is 30.3 Å². The Labute approximate surface area is 149 Å². The second-order valence-electron chi connectivity index (χ2n) is 7.13. The van der Waals surface area contributed by atoms with Crippen LogP contribution in [-0.2, 0) is 13.0 Å². The number of carbonyl (C=O) groups is 1. The molecule has 128 valence electrons. The van der Waals surface area contributed by atoms with Crippen molar-refractivity contribution in [3.63, 3.8) is 0 Å².